The summed E-state index contributed by atoms with van der Waals surface area (Å²) < 4.78 is 2.45. The number of nitrogens with zero attached hydrogens (tertiary/aromatic N) is 4. The Hall–Kier alpha value is -7.76. The minimum absolute atomic E-state index is 0.0527. The molecule has 0 atom stereocenters. The third kappa shape index (κ3) is 5.33. The monoisotopic (exact) mass is 766 g/mol. The van der Waals surface area contributed by atoms with E-state index in [0.29, 0.717) is 6.54 Å². The number of hydrogen-bond donors (Lipinski definition) is 0. The molecule has 0 saturated carbocycles. The van der Waals surface area contributed by atoms with E-state index in [4.69, 9.17) is 0 Å². The van der Waals surface area contributed by atoms with Crippen LogP contribution in [0.2, 0.25) is 0 Å². The second-order valence-electron chi connectivity index (χ2n) is 15.7. The molecule has 60 heavy (non-hydrogen) atoms. The van der Waals surface area contributed by atoms with E-state index < -0.39 is 0 Å². The lowest BCUT2D eigenvalue weighted by Gasteiger charge is -2.44. The lowest BCUT2D eigenvalue weighted by Crippen LogP contribution is -2.61. The lowest BCUT2D eigenvalue weighted by molar-refractivity contribution is 0.974. The third-order valence-electron chi connectivity index (χ3n) is 12.4. The van der Waals surface area contributed by atoms with E-state index in [0.717, 1.165) is 28.4 Å². The van der Waals surface area contributed by atoms with Gasteiger partial charge in [-0.1, -0.05) is 140 Å². The molecule has 4 nitrogen and oxygen atoms in total. The summed E-state index contributed by atoms with van der Waals surface area (Å²) in [7, 11) is 0. The second-order valence-corrected chi connectivity index (χ2v) is 15.7. The zero-order valence-electron chi connectivity index (χ0n) is 32.9. The normalized spacial score (nSPS) is 12.6. The number of aromatic nitrogens is 1. The average Bonchev–Trinajstić information content (AvgIpc) is 3.67. The van der Waals surface area contributed by atoms with Crippen LogP contribution >= 0.6 is 0 Å². The zero-order valence-corrected chi connectivity index (χ0v) is 32.9. The van der Waals surface area contributed by atoms with Gasteiger partial charge in [0.25, 0.3) is 6.71 Å². The molecule has 2 aliphatic heterocycles. The van der Waals surface area contributed by atoms with Gasteiger partial charge in [-0.15, -0.1) is 0 Å². The molecule has 0 spiro atoms. The van der Waals surface area contributed by atoms with Crippen molar-refractivity contribution in [3.63, 3.8) is 0 Å². The molecule has 3 heterocycles. The molecule has 0 saturated heterocycles. The first-order valence-corrected chi connectivity index (χ1v) is 20.8. The van der Waals surface area contributed by atoms with Crippen molar-refractivity contribution in [2.24, 2.45) is 0 Å². The molecule has 12 rings (SSSR count). The van der Waals surface area contributed by atoms with Crippen LogP contribution in [0.15, 0.2) is 224 Å². The Balaban J connectivity index is 1.08. The summed E-state index contributed by atoms with van der Waals surface area (Å²) in [4.78, 5) is 7.42. The van der Waals surface area contributed by atoms with Crippen LogP contribution in [-0.2, 0) is 6.54 Å². The largest absolute Gasteiger partial charge is 0.337 e. The van der Waals surface area contributed by atoms with Gasteiger partial charge in [-0.25, -0.2) is 0 Å². The predicted molar refractivity (Wildman–Crippen MR) is 254 cm³/mol. The molecule has 0 fully saturated rings. The van der Waals surface area contributed by atoms with Crippen LogP contribution < -0.4 is 31.1 Å². The van der Waals surface area contributed by atoms with Crippen LogP contribution in [0.4, 0.5) is 45.5 Å². The minimum Gasteiger partial charge on any atom is -0.337 e. The van der Waals surface area contributed by atoms with Crippen LogP contribution in [0, 0.1) is 0 Å². The van der Waals surface area contributed by atoms with E-state index in [1.165, 1.54) is 66.5 Å². The molecule has 0 unspecified atom stereocenters. The van der Waals surface area contributed by atoms with Gasteiger partial charge in [-0.3, -0.25) is 0 Å². The molecule has 1 aromatic heterocycles. The summed E-state index contributed by atoms with van der Waals surface area (Å²) in [5.41, 5.74) is 18.2. The van der Waals surface area contributed by atoms with Crippen molar-refractivity contribution in [3.05, 3.63) is 230 Å². The number of fused-ring (bicyclic) bond motifs is 7. The molecule has 0 bridgehead atoms. The van der Waals surface area contributed by atoms with E-state index in [2.05, 4.69) is 244 Å². The summed E-state index contributed by atoms with van der Waals surface area (Å²) in [5, 5.41) is 2.52. The maximum atomic E-state index is 2.49. The van der Waals surface area contributed by atoms with Crippen molar-refractivity contribution in [2.75, 3.05) is 14.7 Å². The van der Waals surface area contributed by atoms with Crippen molar-refractivity contribution in [1.82, 2.24) is 4.57 Å². The number of para-hydroxylation sites is 7. The standard InChI is InChI=1S/C55H39BN4/c1-5-20-40(21-6-1)57(38-39-19-17-29-46-45-28-13-15-31-49(45)60(55(39)46)43-26-11-4-12-27-43)44-35-36-48-53(37-44)59(42-24-9-3-10-25-42)52-34-18-33-51-54(52)56(48)47-30-14-16-32-50(47)58(51)41-22-7-2-8-23-41/h1-37H,38H2. The average molecular weight is 767 g/mol. The summed E-state index contributed by atoms with van der Waals surface area (Å²) in [5.74, 6) is 0. The van der Waals surface area contributed by atoms with E-state index in [-0.39, 0.29) is 6.71 Å². The smallest absolute Gasteiger partial charge is 0.252 e. The van der Waals surface area contributed by atoms with Crippen LogP contribution in [0.25, 0.3) is 27.5 Å². The molecule has 10 aromatic rings. The first-order chi connectivity index (χ1) is 29.8. The first-order valence-electron chi connectivity index (χ1n) is 20.8. The van der Waals surface area contributed by atoms with Gasteiger partial charge in [0.05, 0.1) is 17.6 Å². The van der Waals surface area contributed by atoms with Crippen LogP contribution in [-0.4, -0.2) is 11.3 Å². The van der Waals surface area contributed by atoms with Gasteiger partial charge in [0.1, 0.15) is 0 Å². The molecule has 0 aliphatic carbocycles. The Labute approximate surface area is 350 Å². The molecule has 0 amide bonds. The maximum absolute atomic E-state index is 2.49. The van der Waals surface area contributed by atoms with E-state index in [1.807, 2.05) is 0 Å². The van der Waals surface area contributed by atoms with Gasteiger partial charge in [0, 0.05) is 62.0 Å². The van der Waals surface area contributed by atoms with Crippen LogP contribution in [0.1, 0.15) is 5.56 Å². The molecule has 5 heteroatoms. The predicted octanol–water partition coefficient (Wildman–Crippen LogP) is 12.2. The van der Waals surface area contributed by atoms with Gasteiger partial charge < -0.3 is 19.3 Å². The number of hydrogen-bond acceptors (Lipinski definition) is 3. The highest BCUT2D eigenvalue weighted by atomic mass is 15.2. The second kappa shape index (κ2) is 14.0. The van der Waals surface area contributed by atoms with Gasteiger partial charge in [0.15, 0.2) is 0 Å². The SMILES string of the molecule is c1ccc(N(Cc2cccc3c4ccccc4n(-c4ccccc4)c23)c2ccc3c(c2)N(c2ccccc2)c2cccc4c2B3c2ccccc2N4c2ccccc2)cc1. The minimum atomic E-state index is 0.0527. The quantitative estimate of drug-likeness (QED) is 0.150. The van der Waals surface area contributed by atoms with Crippen molar-refractivity contribution in [2.45, 2.75) is 6.54 Å². The summed E-state index contributed by atoms with van der Waals surface area (Å²) in [6, 6.07) is 81.9. The fourth-order valence-corrected chi connectivity index (χ4v) is 9.92. The summed E-state index contributed by atoms with van der Waals surface area (Å²) >= 11 is 0. The van der Waals surface area contributed by atoms with Crippen molar-refractivity contribution >= 4 is 90.4 Å². The highest BCUT2D eigenvalue weighted by molar-refractivity contribution is 7.00. The number of anilines is 8. The van der Waals surface area contributed by atoms with Crippen molar-refractivity contribution in [1.29, 1.82) is 0 Å². The molecule has 282 valence electrons. The Morgan fingerprint density at radius 3 is 1.63 bits per heavy atom. The van der Waals surface area contributed by atoms with Gasteiger partial charge in [-0.05, 0) is 107 Å². The highest BCUT2D eigenvalue weighted by Crippen LogP contribution is 2.45. The van der Waals surface area contributed by atoms with Crippen LogP contribution in [0.5, 0.6) is 0 Å². The Morgan fingerprint density at radius 1 is 0.383 bits per heavy atom. The molecule has 2 aliphatic rings. The number of benzene rings is 9. The van der Waals surface area contributed by atoms with Gasteiger partial charge in [-0.2, -0.15) is 0 Å². The van der Waals surface area contributed by atoms with Crippen molar-refractivity contribution < 1.29 is 0 Å². The Bertz CT molecular complexity index is 3200. The molecular formula is C55H39BN4. The van der Waals surface area contributed by atoms with Crippen LogP contribution in [0.3, 0.4) is 0 Å². The first kappa shape index (κ1) is 34.3. The summed E-state index contributed by atoms with van der Waals surface area (Å²) in [6.07, 6.45) is 0. The van der Waals surface area contributed by atoms with Gasteiger partial charge in [0.2, 0.25) is 0 Å². The van der Waals surface area contributed by atoms with E-state index >= 15 is 0 Å². The van der Waals surface area contributed by atoms with Gasteiger partial charge >= 0.3 is 0 Å². The molecular weight excluding hydrogens is 727 g/mol. The van der Waals surface area contributed by atoms with Crippen molar-refractivity contribution in [3.8, 4) is 5.69 Å². The van der Waals surface area contributed by atoms with E-state index in [1.54, 1.807) is 0 Å². The fraction of sp³-hybridized carbons (Fsp3) is 0.0182. The maximum Gasteiger partial charge on any atom is 0.252 e. The molecule has 0 N–H and O–H groups in total. The zero-order chi connectivity index (χ0) is 39.6. The Kier molecular flexibility index (Phi) is 7.98. The highest BCUT2D eigenvalue weighted by Gasteiger charge is 2.43. The fourth-order valence-electron chi connectivity index (χ4n) is 9.92. The Morgan fingerprint density at radius 2 is 0.917 bits per heavy atom. The topological polar surface area (TPSA) is 14.7 Å². The lowest BCUT2D eigenvalue weighted by atomic mass is 9.33. The molecule has 9 aromatic carbocycles. The third-order valence-corrected chi connectivity index (χ3v) is 12.4. The summed E-state index contributed by atoms with van der Waals surface area (Å²) in [6.45, 7) is 0.727. The molecule has 0 radical (unpaired) electrons. The van der Waals surface area contributed by atoms with E-state index in [9.17, 15) is 0 Å². The number of rotatable bonds is 7.